The second kappa shape index (κ2) is 5.03. The minimum absolute atomic E-state index is 0.00295. The molecule has 0 aromatic carbocycles. The van der Waals surface area contributed by atoms with Crippen molar-refractivity contribution >= 4 is 19.7 Å². The average molecular weight is 313 g/mol. The third kappa shape index (κ3) is 2.53. The van der Waals surface area contributed by atoms with Crippen molar-refractivity contribution in [1.82, 2.24) is 18.9 Å². The number of rotatable bonds is 7. The molecule has 3 heterocycles. The molecule has 0 spiro atoms. The van der Waals surface area contributed by atoms with Gasteiger partial charge in [0, 0.05) is 26.2 Å². The predicted octanol–water partition coefficient (Wildman–Crippen LogP) is 1.23. The molecule has 0 bridgehead atoms. The lowest BCUT2D eigenvalue weighted by atomic mass is 10.3. The Morgan fingerprint density at radius 3 is 2.43 bits per heavy atom. The van der Waals surface area contributed by atoms with Crippen molar-refractivity contribution in [3.63, 3.8) is 0 Å². The zero-order valence-corrected chi connectivity index (χ0v) is 12.5. The summed E-state index contributed by atoms with van der Waals surface area (Å²) in [6.45, 7) is 6.63. The van der Waals surface area contributed by atoms with E-state index in [1.54, 1.807) is 9.34 Å². The minimum atomic E-state index is -2.95. The summed E-state index contributed by atoms with van der Waals surface area (Å²) in [6, 6.07) is 0. The SMILES string of the molecule is C=Cc1nc([N+](=O)[O-])n(C)c1COP(=O)(N1CC1)N1CC1. The van der Waals surface area contributed by atoms with E-state index in [9.17, 15) is 14.7 Å². The van der Waals surface area contributed by atoms with E-state index in [4.69, 9.17) is 4.52 Å². The maximum absolute atomic E-state index is 12.8. The Hall–Kier alpha value is -1.54. The van der Waals surface area contributed by atoms with E-state index < -0.39 is 12.6 Å². The Bertz CT molecular complexity index is 633. The number of hydrogen-bond acceptors (Lipinski definition) is 5. The first kappa shape index (κ1) is 14.4. The average Bonchev–Trinajstić information content (AvgIpc) is 3.32. The minimum Gasteiger partial charge on any atom is -0.390 e. The van der Waals surface area contributed by atoms with Gasteiger partial charge in [-0.25, -0.2) is 13.9 Å². The van der Waals surface area contributed by atoms with Crippen molar-refractivity contribution in [1.29, 1.82) is 0 Å². The molecule has 0 aliphatic carbocycles. The van der Waals surface area contributed by atoms with Crippen molar-refractivity contribution in [3.05, 3.63) is 28.1 Å². The first-order chi connectivity index (χ1) is 9.97. The summed E-state index contributed by atoms with van der Waals surface area (Å²) in [5.41, 5.74) is 0.882. The second-order valence-corrected chi connectivity index (χ2v) is 7.31. The normalized spacial score (nSPS) is 18.7. The standard InChI is InChI=1S/C11H16N5O4P/c1-3-9-10(13(2)11(12-9)16(17)18)8-20-21(19,14-4-5-14)15-6-7-15/h3H,1,4-8H2,2H3. The van der Waals surface area contributed by atoms with Gasteiger partial charge < -0.3 is 10.1 Å². The number of nitrogens with zero attached hydrogens (tertiary/aromatic N) is 5. The van der Waals surface area contributed by atoms with Crippen LogP contribution in [0.15, 0.2) is 6.58 Å². The highest BCUT2D eigenvalue weighted by Gasteiger charge is 2.49. The molecule has 0 amide bonds. The van der Waals surface area contributed by atoms with E-state index in [0.29, 0.717) is 11.4 Å². The summed E-state index contributed by atoms with van der Waals surface area (Å²) in [7, 11) is -1.41. The first-order valence-electron chi connectivity index (χ1n) is 6.55. The molecule has 2 aliphatic heterocycles. The van der Waals surface area contributed by atoms with Gasteiger partial charge in [-0.15, -0.1) is 0 Å². The van der Waals surface area contributed by atoms with Crippen molar-refractivity contribution in [2.75, 3.05) is 26.2 Å². The van der Waals surface area contributed by atoms with Crippen molar-refractivity contribution in [2.45, 2.75) is 6.61 Å². The zero-order chi connectivity index (χ0) is 15.2. The van der Waals surface area contributed by atoms with Crippen LogP contribution < -0.4 is 0 Å². The topological polar surface area (TPSA) is 93.3 Å². The fraction of sp³-hybridized carbons (Fsp3) is 0.545. The van der Waals surface area contributed by atoms with E-state index in [-0.39, 0.29) is 12.6 Å². The van der Waals surface area contributed by atoms with E-state index in [1.807, 2.05) is 0 Å². The molecule has 1 aromatic heterocycles. The molecular weight excluding hydrogens is 297 g/mol. The third-order valence-corrected chi connectivity index (χ3v) is 6.20. The zero-order valence-electron chi connectivity index (χ0n) is 11.6. The van der Waals surface area contributed by atoms with Crippen LogP contribution in [0.1, 0.15) is 11.4 Å². The van der Waals surface area contributed by atoms with Crippen LogP contribution in [-0.4, -0.2) is 50.0 Å². The summed E-state index contributed by atoms with van der Waals surface area (Å²) in [4.78, 5) is 14.3. The lowest BCUT2D eigenvalue weighted by molar-refractivity contribution is -0.396. The fourth-order valence-corrected chi connectivity index (χ4v) is 4.28. The monoisotopic (exact) mass is 313 g/mol. The summed E-state index contributed by atoms with van der Waals surface area (Å²) in [5, 5.41) is 10.9. The summed E-state index contributed by atoms with van der Waals surface area (Å²) < 4.78 is 23.4. The molecule has 0 N–H and O–H groups in total. The van der Waals surface area contributed by atoms with E-state index in [2.05, 4.69) is 11.6 Å². The number of hydrogen-bond donors (Lipinski definition) is 0. The van der Waals surface area contributed by atoms with Gasteiger partial charge >= 0.3 is 13.6 Å². The lowest BCUT2D eigenvalue weighted by Crippen LogP contribution is -2.10. The molecule has 0 radical (unpaired) electrons. The van der Waals surface area contributed by atoms with Crippen LogP contribution in [0.4, 0.5) is 5.95 Å². The molecule has 21 heavy (non-hydrogen) atoms. The Morgan fingerprint density at radius 1 is 1.43 bits per heavy atom. The largest absolute Gasteiger partial charge is 0.435 e. The highest BCUT2D eigenvalue weighted by molar-refractivity contribution is 7.54. The Balaban J connectivity index is 1.82. The second-order valence-electron chi connectivity index (χ2n) is 4.94. The number of imidazole rings is 1. The molecule has 0 saturated carbocycles. The van der Waals surface area contributed by atoms with Crippen LogP contribution in [-0.2, 0) is 22.7 Å². The smallest absolute Gasteiger partial charge is 0.390 e. The molecule has 1 aromatic rings. The molecule has 2 fully saturated rings. The Morgan fingerprint density at radius 2 is 2.00 bits per heavy atom. The molecule has 2 aliphatic rings. The molecule has 0 atom stereocenters. The molecule has 0 unspecified atom stereocenters. The van der Waals surface area contributed by atoms with Crippen LogP contribution >= 0.6 is 7.67 Å². The van der Waals surface area contributed by atoms with Gasteiger partial charge in [-0.2, -0.15) is 0 Å². The van der Waals surface area contributed by atoms with Gasteiger partial charge in [0.1, 0.15) is 12.3 Å². The van der Waals surface area contributed by atoms with Gasteiger partial charge in [0.25, 0.3) is 0 Å². The van der Waals surface area contributed by atoms with E-state index >= 15 is 0 Å². The molecule has 114 valence electrons. The molecule has 3 rings (SSSR count). The number of nitro groups is 1. The van der Waals surface area contributed by atoms with Gasteiger partial charge in [-0.05, 0) is 11.0 Å². The van der Waals surface area contributed by atoms with Gasteiger partial charge in [0.2, 0.25) is 0 Å². The van der Waals surface area contributed by atoms with Crippen molar-refractivity contribution in [2.24, 2.45) is 7.05 Å². The first-order valence-corrected chi connectivity index (χ1v) is 8.08. The van der Waals surface area contributed by atoms with Crippen LogP contribution in [0.5, 0.6) is 0 Å². The molecule has 9 nitrogen and oxygen atoms in total. The lowest BCUT2D eigenvalue weighted by Gasteiger charge is -2.19. The van der Waals surface area contributed by atoms with E-state index in [1.165, 1.54) is 17.7 Å². The van der Waals surface area contributed by atoms with Crippen LogP contribution in [0, 0.1) is 10.1 Å². The van der Waals surface area contributed by atoms with Crippen molar-refractivity contribution in [3.8, 4) is 0 Å². The van der Waals surface area contributed by atoms with Crippen LogP contribution in [0.25, 0.3) is 6.08 Å². The van der Waals surface area contributed by atoms with Gasteiger partial charge in [-0.1, -0.05) is 11.6 Å². The Labute approximate surface area is 121 Å². The maximum Gasteiger partial charge on any atom is 0.435 e. The summed E-state index contributed by atoms with van der Waals surface area (Å²) >= 11 is 0. The highest BCUT2D eigenvalue weighted by Crippen LogP contribution is 2.61. The van der Waals surface area contributed by atoms with Crippen LogP contribution in [0.3, 0.4) is 0 Å². The van der Waals surface area contributed by atoms with Crippen LogP contribution in [0.2, 0.25) is 0 Å². The predicted molar refractivity (Wildman–Crippen MR) is 75.5 cm³/mol. The van der Waals surface area contributed by atoms with Gasteiger partial charge in [0.05, 0.1) is 7.05 Å². The van der Waals surface area contributed by atoms with Crippen molar-refractivity contribution < 1.29 is 14.0 Å². The summed E-state index contributed by atoms with van der Waals surface area (Å²) in [5.74, 6) is -0.281. The molecule has 2 saturated heterocycles. The molecule has 10 heteroatoms. The maximum atomic E-state index is 12.8. The highest BCUT2D eigenvalue weighted by atomic mass is 31.2. The Kier molecular flexibility index (Phi) is 3.45. The number of aromatic nitrogens is 2. The summed E-state index contributed by atoms with van der Waals surface area (Å²) in [6.07, 6.45) is 1.44. The third-order valence-electron chi connectivity index (χ3n) is 3.51. The van der Waals surface area contributed by atoms with E-state index in [0.717, 1.165) is 26.2 Å². The quantitative estimate of drug-likeness (QED) is 0.323. The molecular formula is C11H16N5O4P. The van der Waals surface area contributed by atoms with Gasteiger partial charge in [-0.3, -0.25) is 9.09 Å². The van der Waals surface area contributed by atoms with Gasteiger partial charge in [0.15, 0.2) is 5.69 Å². The fourth-order valence-electron chi connectivity index (χ4n) is 2.12.